The van der Waals surface area contributed by atoms with E-state index in [4.69, 9.17) is 0 Å². The summed E-state index contributed by atoms with van der Waals surface area (Å²) in [5.74, 6) is 1.19. The standard InChI is InChI=1S/C14H28N2O/c1-10(2)5-6-11(3)16-14(17)13-7-8-15-12(4)9-13/h10-13,15H,5-9H2,1-4H3,(H,16,17)/t11?,12-,13-/m0/s1. The number of amides is 1. The maximum Gasteiger partial charge on any atom is 0.223 e. The molecule has 1 rings (SSSR count). The average molecular weight is 240 g/mol. The van der Waals surface area contributed by atoms with Gasteiger partial charge in [0, 0.05) is 18.0 Å². The molecule has 100 valence electrons. The summed E-state index contributed by atoms with van der Waals surface area (Å²) in [6.07, 6.45) is 4.23. The minimum absolute atomic E-state index is 0.216. The second-order valence-corrected chi connectivity index (χ2v) is 5.96. The smallest absolute Gasteiger partial charge is 0.223 e. The fourth-order valence-corrected chi connectivity index (χ4v) is 2.39. The van der Waals surface area contributed by atoms with Gasteiger partial charge in [-0.1, -0.05) is 13.8 Å². The predicted octanol–water partition coefficient (Wildman–Crippen LogP) is 2.32. The van der Waals surface area contributed by atoms with Gasteiger partial charge in [-0.15, -0.1) is 0 Å². The number of nitrogens with one attached hydrogen (secondary N) is 2. The van der Waals surface area contributed by atoms with Gasteiger partial charge in [0.1, 0.15) is 0 Å². The molecule has 0 bridgehead atoms. The summed E-state index contributed by atoms with van der Waals surface area (Å²) in [6, 6.07) is 0.792. The van der Waals surface area contributed by atoms with Crippen LogP contribution in [0.5, 0.6) is 0 Å². The van der Waals surface area contributed by atoms with E-state index in [1.165, 1.54) is 6.42 Å². The quantitative estimate of drug-likeness (QED) is 0.774. The van der Waals surface area contributed by atoms with Crippen molar-refractivity contribution in [3.8, 4) is 0 Å². The number of hydrogen-bond donors (Lipinski definition) is 2. The molecule has 1 aliphatic heterocycles. The zero-order chi connectivity index (χ0) is 12.8. The van der Waals surface area contributed by atoms with E-state index >= 15 is 0 Å². The molecule has 0 radical (unpaired) electrons. The van der Waals surface area contributed by atoms with Crippen molar-refractivity contribution in [3.05, 3.63) is 0 Å². The van der Waals surface area contributed by atoms with Crippen molar-refractivity contribution in [2.24, 2.45) is 11.8 Å². The first-order valence-corrected chi connectivity index (χ1v) is 7.02. The van der Waals surface area contributed by atoms with Crippen molar-refractivity contribution in [1.82, 2.24) is 10.6 Å². The van der Waals surface area contributed by atoms with E-state index in [0.717, 1.165) is 25.8 Å². The summed E-state index contributed by atoms with van der Waals surface area (Å²) in [7, 11) is 0. The molecule has 0 aromatic heterocycles. The predicted molar refractivity (Wildman–Crippen MR) is 71.9 cm³/mol. The minimum atomic E-state index is 0.216. The molecule has 3 nitrogen and oxygen atoms in total. The lowest BCUT2D eigenvalue weighted by molar-refractivity contribution is -0.126. The molecule has 0 aromatic carbocycles. The van der Waals surface area contributed by atoms with Crippen LogP contribution in [0, 0.1) is 11.8 Å². The first kappa shape index (κ1) is 14.5. The number of hydrogen-bond acceptors (Lipinski definition) is 2. The number of rotatable bonds is 5. The third-order valence-corrected chi connectivity index (χ3v) is 3.56. The number of piperidine rings is 1. The molecule has 3 heteroatoms. The van der Waals surface area contributed by atoms with Crippen LogP contribution in [-0.2, 0) is 4.79 Å². The monoisotopic (exact) mass is 240 g/mol. The Labute approximate surface area is 106 Å². The molecule has 1 fully saturated rings. The van der Waals surface area contributed by atoms with Crippen molar-refractivity contribution >= 4 is 5.91 Å². The Hall–Kier alpha value is -0.570. The second kappa shape index (κ2) is 7.00. The third kappa shape index (κ3) is 5.53. The highest BCUT2D eigenvalue weighted by Crippen LogP contribution is 2.16. The number of carbonyl (C=O) groups is 1. The molecule has 1 aliphatic rings. The average Bonchev–Trinajstić information content (AvgIpc) is 2.26. The molecule has 1 saturated heterocycles. The van der Waals surface area contributed by atoms with Gasteiger partial charge >= 0.3 is 0 Å². The van der Waals surface area contributed by atoms with Gasteiger partial charge in [0.15, 0.2) is 0 Å². The van der Waals surface area contributed by atoms with Crippen LogP contribution in [0.3, 0.4) is 0 Å². The van der Waals surface area contributed by atoms with Gasteiger partial charge in [0.05, 0.1) is 0 Å². The lowest BCUT2D eigenvalue weighted by Crippen LogP contribution is -2.44. The van der Waals surface area contributed by atoms with Gasteiger partial charge in [0.25, 0.3) is 0 Å². The second-order valence-electron chi connectivity index (χ2n) is 5.96. The van der Waals surface area contributed by atoms with Gasteiger partial charge in [-0.25, -0.2) is 0 Å². The number of carbonyl (C=O) groups excluding carboxylic acids is 1. The largest absolute Gasteiger partial charge is 0.353 e. The summed E-state index contributed by atoms with van der Waals surface area (Å²) >= 11 is 0. The molecule has 0 spiro atoms. The van der Waals surface area contributed by atoms with E-state index in [2.05, 4.69) is 38.3 Å². The lowest BCUT2D eigenvalue weighted by Gasteiger charge is -2.28. The van der Waals surface area contributed by atoms with Gasteiger partial charge in [0.2, 0.25) is 5.91 Å². The van der Waals surface area contributed by atoms with E-state index in [1.54, 1.807) is 0 Å². The first-order chi connectivity index (χ1) is 7.99. The molecule has 17 heavy (non-hydrogen) atoms. The molecule has 0 aromatic rings. The molecule has 1 unspecified atom stereocenters. The Morgan fingerprint density at radius 1 is 1.35 bits per heavy atom. The maximum atomic E-state index is 12.1. The normalized spacial score (nSPS) is 26.9. The summed E-state index contributed by atoms with van der Waals surface area (Å²) in [4.78, 5) is 12.1. The van der Waals surface area contributed by atoms with Crippen LogP contribution in [0.1, 0.15) is 53.4 Å². The van der Waals surface area contributed by atoms with E-state index in [-0.39, 0.29) is 11.8 Å². The van der Waals surface area contributed by atoms with Crippen LogP contribution in [0.25, 0.3) is 0 Å². The maximum absolute atomic E-state index is 12.1. The molecule has 0 saturated carbocycles. The highest BCUT2D eigenvalue weighted by molar-refractivity contribution is 5.79. The molecule has 3 atom stereocenters. The van der Waals surface area contributed by atoms with Crippen molar-refractivity contribution in [2.45, 2.75) is 65.5 Å². The molecular weight excluding hydrogens is 212 g/mol. The SMILES string of the molecule is CC(C)CCC(C)NC(=O)[C@H]1CCN[C@@H](C)C1. The summed E-state index contributed by atoms with van der Waals surface area (Å²) in [6.45, 7) is 9.69. The Kier molecular flexibility index (Phi) is 5.96. The molecular formula is C14H28N2O. The van der Waals surface area contributed by atoms with E-state index < -0.39 is 0 Å². The summed E-state index contributed by atoms with van der Waals surface area (Å²) < 4.78 is 0. The van der Waals surface area contributed by atoms with Crippen LogP contribution >= 0.6 is 0 Å². The minimum Gasteiger partial charge on any atom is -0.353 e. The molecule has 0 aliphatic carbocycles. The highest BCUT2D eigenvalue weighted by atomic mass is 16.1. The van der Waals surface area contributed by atoms with Gasteiger partial charge < -0.3 is 10.6 Å². The fraction of sp³-hybridized carbons (Fsp3) is 0.929. The summed E-state index contributed by atoms with van der Waals surface area (Å²) in [5, 5.41) is 6.54. The Morgan fingerprint density at radius 2 is 2.06 bits per heavy atom. The molecule has 2 N–H and O–H groups in total. The van der Waals surface area contributed by atoms with Crippen molar-refractivity contribution in [1.29, 1.82) is 0 Å². The Bertz CT molecular complexity index is 240. The summed E-state index contributed by atoms with van der Waals surface area (Å²) in [5.41, 5.74) is 0. The van der Waals surface area contributed by atoms with Crippen molar-refractivity contribution in [3.63, 3.8) is 0 Å². The van der Waals surface area contributed by atoms with Crippen molar-refractivity contribution < 1.29 is 4.79 Å². The zero-order valence-corrected chi connectivity index (χ0v) is 11.8. The molecule has 1 heterocycles. The van der Waals surface area contributed by atoms with E-state index in [0.29, 0.717) is 18.0 Å². The van der Waals surface area contributed by atoms with Crippen LogP contribution < -0.4 is 10.6 Å². The lowest BCUT2D eigenvalue weighted by atomic mass is 9.92. The Balaban J connectivity index is 2.27. The van der Waals surface area contributed by atoms with Gasteiger partial charge in [-0.05, 0) is 52.0 Å². The third-order valence-electron chi connectivity index (χ3n) is 3.56. The van der Waals surface area contributed by atoms with Gasteiger partial charge in [-0.2, -0.15) is 0 Å². The topological polar surface area (TPSA) is 41.1 Å². The van der Waals surface area contributed by atoms with Crippen LogP contribution in [0.2, 0.25) is 0 Å². The van der Waals surface area contributed by atoms with Crippen LogP contribution in [-0.4, -0.2) is 24.5 Å². The van der Waals surface area contributed by atoms with Crippen LogP contribution in [0.15, 0.2) is 0 Å². The Morgan fingerprint density at radius 3 is 2.65 bits per heavy atom. The van der Waals surface area contributed by atoms with E-state index in [1.807, 2.05) is 0 Å². The van der Waals surface area contributed by atoms with Gasteiger partial charge in [-0.3, -0.25) is 4.79 Å². The van der Waals surface area contributed by atoms with E-state index in [9.17, 15) is 4.79 Å². The zero-order valence-electron chi connectivity index (χ0n) is 11.8. The van der Waals surface area contributed by atoms with Crippen molar-refractivity contribution in [2.75, 3.05) is 6.54 Å². The fourth-order valence-electron chi connectivity index (χ4n) is 2.39. The van der Waals surface area contributed by atoms with Crippen LogP contribution in [0.4, 0.5) is 0 Å². The molecule has 1 amide bonds. The first-order valence-electron chi connectivity index (χ1n) is 7.02. The highest BCUT2D eigenvalue weighted by Gasteiger charge is 2.25.